The molecule has 0 heterocycles. The van der Waals surface area contributed by atoms with Crippen molar-refractivity contribution in [2.45, 2.75) is 23.8 Å². The highest BCUT2D eigenvalue weighted by molar-refractivity contribution is 7.85. The highest BCUT2D eigenvalue weighted by Crippen LogP contribution is 2.11. The molecule has 2 rings (SSSR count). The predicted molar refractivity (Wildman–Crippen MR) is 96.3 cm³/mol. The van der Waals surface area contributed by atoms with E-state index in [1.807, 2.05) is 0 Å². The summed E-state index contributed by atoms with van der Waals surface area (Å²) in [7, 11) is -0.166. The Labute approximate surface area is 158 Å². The first kappa shape index (κ1) is 20.7. The number of ether oxygens (including phenoxy) is 1. The molecule has 0 fully saturated rings. The van der Waals surface area contributed by atoms with E-state index in [1.165, 1.54) is 13.2 Å². The van der Waals surface area contributed by atoms with Gasteiger partial charge in [-0.15, -0.1) is 0 Å². The highest BCUT2D eigenvalue weighted by Gasteiger charge is 2.23. The maximum absolute atomic E-state index is 13.7. The van der Waals surface area contributed by atoms with Crippen LogP contribution >= 0.6 is 0 Å². The molecule has 0 aromatic heterocycles. The van der Waals surface area contributed by atoms with Gasteiger partial charge in [0.05, 0.1) is 24.3 Å². The van der Waals surface area contributed by atoms with E-state index in [1.54, 1.807) is 30.3 Å². The van der Waals surface area contributed by atoms with E-state index >= 15 is 0 Å². The summed E-state index contributed by atoms with van der Waals surface area (Å²) in [6.07, 6.45) is -0.271. The number of hydrogen-bond acceptors (Lipinski definition) is 4. The van der Waals surface area contributed by atoms with Gasteiger partial charge in [0.15, 0.2) is 0 Å². The van der Waals surface area contributed by atoms with E-state index < -0.39 is 40.4 Å². The average molecular weight is 395 g/mol. The topological polar surface area (TPSA) is 72.5 Å². The molecule has 27 heavy (non-hydrogen) atoms. The molecule has 0 aliphatic heterocycles. The fourth-order valence-corrected chi connectivity index (χ4v) is 3.54. The Morgan fingerprint density at radius 1 is 1.15 bits per heavy atom. The third kappa shape index (κ3) is 6.25. The van der Waals surface area contributed by atoms with Crippen LogP contribution in [-0.2, 0) is 31.5 Å². The van der Waals surface area contributed by atoms with Crippen LogP contribution in [0, 0.1) is 11.6 Å². The van der Waals surface area contributed by atoms with Gasteiger partial charge in [-0.1, -0.05) is 24.3 Å². The first-order valence-corrected chi connectivity index (χ1v) is 9.47. The fourth-order valence-electron chi connectivity index (χ4n) is 2.39. The number of benzene rings is 2. The number of methoxy groups -OCH3 is 1. The molecule has 2 atom stereocenters. The zero-order chi connectivity index (χ0) is 19.8. The van der Waals surface area contributed by atoms with E-state index in [-0.39, 0.29) is 24.2 Å². The smallest absolute Gasteiger partial charge is 0.328 e. The zero-order valence-electron chi connectivity index (χ0n) is 14.6. The zero-order valence-corrected chi connectivity index (χ0v) is 15.4. The molecule has 5 nitrogen and oxygen atoms in total. The normalized spacial score (nSPS) is 12.9. The van der Waals surface area contributed by atoms with E-state index in [4.69, 9.17) is 0 Å². The number of esters is 1. The number of hydrogen-bond donors (Lipinski definition) is 1. The molecule has 0 radical (unpaired) electrons. The Morgan fingerprint density at radius 3 is 2.48 bits per heavy atom. The van der Waals surface area contributed by atoms with Crippen LogP contribution in [0.3, 0.4) is 0 Å². The predicted octanol–water partition coefficient (Wildman–Crippen LogP) is 2.36. The summed E-state index contributed by atoms with van der Waals surface area (Å²) in [4.78, 5) is 24.7. The molecule has 0 saturated heterocycles. The van der Waals surface area contributed by atoms with Crippen LogP contribution in [0.2, 0.25) is 0 Å². The van der Waals surface area contributed by atoms with Crippen molar-refractivity contribution in [1.82, 2.24) is 5.32 Å². The number of amides is 1. The third-order valence-electron chi connectivity index (χ3n) is 3.79. The van der Waals surface area contributed by atoms with Gasteiger partial charge in [0.2, 0.25) is 5.91 Å². The molecule has 1 N–H and O–H groups in total. The molecule has 0 unspecified atom stereocenters. The van der Waals surface area contributed by atoms with E-state index in [2.05, 4.69) is 10.1 Å². The van der Waals surface area contributed by atoms with Crippen molar-refractivity contribution in [3.8, 4) is 0 Å². The first-order chi connectivity index (χ1) is 12.9. The van der Waals surface area contributed by atoms with Gasteiger partial charge in [-0.2, -0.15) is 0 Å². The molecular formula is C19H19F2NO4S. The Balaban J connectivity index is 1.98. The maximum atomic E-state index is 13.7. The molecule has 0 aliphatic rings. The van der Waals surface area contributed by atoms with Crippen LogP contribution in [-0.4, -0.2) is 35.0 Å². The van der Waals surface area contributed by atoms with Gasteiger partial charge >= 0.3 is 5.97 Å². The molecule has 1 amide bonds. The summed E-state index contributed by atoms with van der Waals surface area (Å²) in [5.41, 5.74) is 0.00498. The highest BCUT2D eigenvalue weighted by atomic mass is 32.2. The molecule has 2 aromatic carbocycles. The summed E-state index contributed by atoms with van der Waals surface area (Å²) in [6, 6.07) is 10.6. The van der Waals surface area contributed by atoms with Crippen molar-refractivity contribution >= 4 is 22.7 Å². The number of rotatable bonds is 8. The lowest BCUT2D eigenvalue weighted by atomic mass is 10.1. The van der Waals surface area contributed by atoms with Crippen LogP contribution < -0.4 is 5.32 Å². The second-order valence-electron chi connectivity index (χ2n) is 5.71. The van der Waals surface area contributed by atoms with Gasteiger partial charge in [0.1, 0.15) is 17.7 Å². The van der Waals surface area contributed by atoms with Gasteiger partial charge < -0.3 is 10.1 Å². The van der Waals surface area contributed by atoms with Crippen LogP contribution in [0.25, 0.3) is 0 Å². The van der Waals surface area contributed by atoms with Crippen molar-refractivity contribution < 1.29 is 27.3 Å². The summed E-state index contributed by atoms with van der Waals surface area (Å²) in [5.74, 6) is -2.76. The molecule has 0 saturated carbocycles. The largest absolute Gasteiger partial charge is 0.467 e. The van der Waals surface area contributed by atoms with Crippen molar-refractivity contribution in [3.63, 3.8) is 0 Å². The number of carbonyl (C=O) groups is 2. The quantitative estimate of drug-likeness (QED) is 0.697. The minimum absolute atomic E-state index is 0.00498. The lowest BCUT2D eigenvalue weighted by molar-refractivity contribution is -0.145. The maximum Gasteiger partial charge on any atom is 0.328 e. The number of halogens is 2. The van der Waals surface area contributed by atoms with Gasteiger partial charge in [-0.05, 0) is 30.2 Å². The van der Waals surface area contributed by atoms with Crippen molar-refractivity contribution in [2.75, 3.05) is 12.9 Å². The molecule has 0 spiro atoms. The molecule has 8 heteroatoms. The monoisotopic (exact) mass is 395 g/mol. The van der Waals surface area contributed by atoms with Crippen LogP contribution in [0.15, 0.2) is 53.4 Å². The lowest BCUT2D eigenvalue weighted by Gasteiger charge is -2.16. The average Bonchev–Trinajstić information content (AvgIpc) is 2.67. The molecule has 0 aliphatic carbocycles. The Kier molecular flexibility index (Phi) is 7.60. The third-order valence-corrected chi connectivity index (χ3v) is 5.19. The number of carbonyl (C=O) groups excluding carboxylic acids is 2. The molecule has 144 valence electrons. The Bertz CT molecular complexity index is 830. The molecular weight excluding hydrogens is 376 g/mol. The van der Waals surface area contributed by atoms with E-state index in [0.717, 1.165) is 6.07 Å². The summed E-state index contributed by atoms with van der Waals surface area (Å²) in [6.45, 7) is 0. The van der Waals surface area contributed by atoms with Gasteiger partial charge in [0, 0.05) is 16.7 Å². The standard InChI is InChI=1S/C19H19F2NO4S/c1-26-19(24)17(9-10-27(25)15-5-3-2-4-6-15)22-18(23)11-13-7-8-14(20)12-16(13)21/h2-8,12,17H,9-11H2,1H3,(H,22,23)/t17-,27-/m1/s1. The van der Waals surface area contributed by atoms with Crippen LogP contribution in [0.1, 0.15) is 12.0 Å². The molecule has 2 aromatic rings. The first-order valence-electron chi connectivity index (χ1n) is 8.15. The molecule has 0 bridgehead atoms. The Morgan fingerprint density at radius 2 is 1.85 bits per heavy atom. The van der Waals surface area contributed by atoms with Crippen LogP contribution in [0.4, 0.5) is 8.78 Å². The summed E-state index contributed by atoms with van der Waals surface area (Å²) in [5, 5.41) is 2.46. The van der Waals surface area contributed by atoms with Gasteiger partial charge in [-0.25, -0.2) is 13.6 Å². The van der Waals surface area contributed by atoms with Gasteiger partial charge in [0.25, 0.3) is 0 Å². The second-order valence-corrected chi connectivity index (χ2v) is 7.28. The van der Waals surface area contributed by atoms with Crippen LogP contribution in [0.5, 0.6) is 0 Å². The minimum atomic E-state index is -1.34. The van der Waals surface area contributed by atoms with Crippen molar-refractivity contribution in [3.05, 3.63) is 65.7 Å². The van der Waals surface area contributed by atoms with Crippen molar-refractivity contribution in [2.24, 2.45) is 0 Å². The fraction of sp³-hybridized carbons (Fsp3) is 0.263. The SMILES string of the molecule is COC(=O)[C@@H](CC[S@@](=O)c1ccccc1)NC(=O)Cc1ccc(F)cc1F. The summed E-state index contributed by atoms with van der Waals surface area (Å²) >= 11 is 0. The van der Waals surface area contributed by atoms with E-state index in [0.29, 0.717) is 11.0 Å². The van der Waals surface area contributed by atoms with Crippen molar-refractivity contribution in [1.29, 1.82) is 0 Å². The second kappa shape index (κ2) is 9.91. The van der Waals surface area contributed by atoms with E-state index in [9.17, 15) is 22.6 Å². The number of nitrogens with one attached hydrogen (secondary N) is 1. The van der Waals surface area contributed by atoms with Gasteiger partial charge in [-0.3, -0.25) is 9.00 Å². The summed E-state index contributed by atoms with van der Waals surface area (Å²) < 4.78 is 43.5. The Hall–Kier alpha value is -2.61. The lowest BCUT2D eigenvalue weighted by Crippen LogP contribution is -2.43. The minimum Gasteiger partial charge on any atom is -0.467 e.